The van der Waals surface area contributed by atoms with Crippen molar-refractivity contribution in [2.45, 2.75) is 9.79 Å². The highest BCUT2D eigenvalue weighted by Crippen LogP contribution is 2.31. The molecule has 0 amide bonds. The molecule has 0 aliphatic carbocycles. The van der Waals surface area contributed by atoms with Crippen LogP contribution in [0.5, 0.6) is 0 Å². The lowest BCUT2D eigenvalue weighted by atomic mass is 10.3. The number of sulfonamides is 1. The van der Waals surface area contributed by atoms with Crippen LogP contribution in [0.1, 0.15) is 0 Å². The van der Waals surface area contributed by atoms with Gasteiger partial charge in [-0.05, 0) is 12.1 Å². The van der Waals surface area contributed by atoms with Crippen molar-refractivity contribution in [3.8, 4) is 0 Å². The minimum absolute atomic E-state index is 0.148. The Labute approximate surface area is 112 Å². The van der Waals surface area contributed by atoms with Gasteiger partial charge in [0.05, 0.1) is 12.3 Å². The normalized spacial score (nSPS) is 12.0. The van der Waals surface area contributed by atoms with Crippen molar-refractivity contribution in [1.29, 1.82) is 0 Å². The Balaban J connectivity index is 3.06. The summed E-state index contributed by atoms with van der Waals surface area (Å²) in [5.41, 5.74) is 6.22. The third-order valence-electron chi connectivity index (χ3n) is 2.33. The van der Waals surface area contributed by atoms with Crippen LogP contribution in [0.4, 0.5) is 5.69 Å². The van der Waals surface area contributed by atoms with Crippen LogP contribution in [0.2, 0.25) is 0 Å². The zero-order chi connectivity index (χ0) is 13.8. The largest absolute Gasteiger partial charge is 0.397 e. The molecule has 0 saturated carbocycles. The van der Waals surface area contributed by atoms with Crippen molar-refractivity contribution in [3.05, 3.63) is 18.2 Å². The molecule has 0 fully saturated rings. The molecular weight excluding hydrogens is 272 g/mol. The molecule has 0 unspecified atom stereocenters. The Morgan fingerprint density at radius 3 is 2.61 bits per heavy atom. The molecule has 5 nitrogen and oxygen atoms in total. The van der Waals surface area contributed by atoms with E-state index in [-0.39, 0.29) is 4.90 Å². The van der Waals surface area contributed by atoms with Crippen molar-refractivity contribution in [1.82, 2.24) is 4.31 Å². The number of nitrogens with two attached hydrogens (primary N) is 1. The first kappa shape index (κ1) is 15.3. The zero-order valence-electron chi connectivity index (χ0n) is 10.7. The summed E-state index contributed by atoms with van der Waals surface area (Å²) in [6.07, 6.45) is 0. The molecule has 0 atom stereocenters. The second-order valence-corrected chi connectivity index (χ2v) is 7.05. The fourth-order valence-electron chi connectivity index (χ4n) is 1.31. The van der Waals surface area contributed by atoms with Crippen molar-refractivity contribution >= 4 is 27.5 Å². The lowest BCUT2D eigenvalue weighted by Gasteiger charge is -2.15. The third kappa shape index (κ3) is 3.38. The van der Waals surface area contributed by atoms with Gasteiger partial charge in [-0.2, -0.15) is 0 Å². The van der Waals surface area contributed by atoms with Crippen LogP contribution in [0.15, 0.2) is 28.0 Å². The number of nitrogens with zero attached hydrogens (tertiary/aromatic N) is 1. The van der Waals surface area contributed by atoms with Gasteiger partial charge in [0.1, 0.15) is 4.90 Å². The Kier molecular flexibility index (Phi) is 5.46. The Bertz CT molecular complexity index is 501. The SMILES string of the molecule is COCCSc1cccc(S(=O)(=O)N(C)C)c1N. The maximum atomic E-state index is 12.0. The van der Waals surface area contributed by atoms with E-state index < -0.39 is 10.0 Å². The number of ether oxygens (including phenoxy) is 1. The van der Waals surface area contributed by atoms with Gasteiger partial charge in [-0.15, -0.1) is 11.8 Å². The lowest BCUT2D eigenvalue weighted by Crippen LogP contribution is -2.23. The van der Waals surface area contributed by atoms with Crippen molar-refractivity contribution in [2.75, 3.05) is 39.3 Å². The predicted octanol–water partition coefficient (Wildman–Crippen LogP) is 1.26. The highest BCUT2D eigenvalue weighted by molar-refractivity contribution is 7.99. The molecule has 0 aliphatic rings. The van der Waals surface area contributed by atoms with Crippen LogP contribution >= 0.6 is 11.8 Å². The molecule has 0 aliphatic heterocycles. The summed E-state index contributed by atoms with van der Waals surface area (Å²) >= 11 is 1.48. The first-order valence-electron chi connectivity index (χ1n) is 5.34. The lowest BCUT2D eigenvalue weighted by molar-refractivity contribution is 0.218. The van der Waals surface area contributed by atoms with E-state index in [1.54, 1.807) is 13.2 Å². The molecule has 1 rings (SSSR count). The second kappa shape index (κ2) is 6.42. The van der Waals surface area contributed by atoms with Crippen LogP contribution < -0.4 is 5.73 Å². The van der Waals surface area contributed by atoms with Crippen molar-refractivity contribution in [2.24, 2.45) is 0 Å². The fraction of sp³-hybridized carbons (Fsp3) is 0.455. The number of methoxy groups -OCH3 is 1. The molecule has 0 saturated heterocycles. The number of hydrogen-bond donors (Lipinski definition) is 1. The first-order valence-corrected chi connectivity index (χ1v) is 7.76. The molecular formula is C11H18N2O3S2. The molecule has 0 heterocycles. The zero-order valence-corrected chi connectivity index (χ0v) is 12.3. The van der Waals surface area contributed by atoms with Crippen LogP contribution in [-0.4, -0.2) is 46.3 Å². The van der Waals surface area contributed by atoms with E-state index in [1.807, 2.05) is 6.07 Å². The van der Waals surface area contributed by atoms with Crippen molar-refractivity contribution in [3.63, 3.8) is 0 Å². The third-order valence-corrected chi connectivity index (χ3v) is 5.24. The van der Waals surface area contributed by atoms with Gasteiger partial charge in [0.25, 0.3) is 0 Å². The highest BCUT2D eigenvalue weighted by atomic mass is 32.2. The summed E-state index contributed by atoms with van der Waals surface area (Å²) in [6, 6.07) is 5.03. The van der Waals surface area contributed by atoms with Gasteiger partial charge in [0.15, 0.2) is 0 Å². The van der Waals surface area contributed by atoms with E-state index in [1.165, 1.54) is 31.9 Å². The monoisotopic (exact) mass is 290 g/mol. The van der Waals surface area contributed by atoms with E-state index in [9.17, 15) is 8.42 Å². The van der Waals surface area contributed by atoms with Crippen LogP contribution in [0, 0.1) is 0 Å². The standard InChI is InChI=1S/C11H18N2O3S2/c1-13(2)18(14,15)10-6-4-5-9(11(10)12)17-8-7-16-3/h4-6H,7-8,12H2,1-3H3. The number of rotatable bonds is 6. The van der Waals surface area contributed by atoms with Gasteiger partial charge >= 0.3 is 0 Å². The molecule has 0 bridgehead atoms. The van der Waals surface area contributed by atoms with Crippen LogP contribution in [0.3, 0.4) is 0 Å². The number of anilines is 1. The van der Waals surface area contributed by atoms with E-state index in [0.29, 0.717) is 12.3 Å². The summed E-state index contributed by atoms with van der Waals surface area (Å²) in [6.45, 7) is 0.592. The maximum absolute atomic E-state index is 12.0. The maximum Gasteiger partial charge on any atom is 0.244 e. The van der Waals surface area contributed by atoms with E-state index >= 15 is 0 Å². The Morgan fingerprint density at radius 2 is 2.06 bits per heavy atom. The number of para-hydroxylation sites is 1. The molecule has 2 N–H and O–H groups in total. The summed E-state index contributed by atoms with van der Waals surface area (Å²) in [5.74, 6) is 0.728. The number of nitrogen functional groups attached to an aromatic ring is 1. The molecule has 7 heteroatoms. The smallest absolute Gasteiger partial charge is 0.244 e. The molecule has 0 spiro atoms. The molecule has 1 aromatic rings. The van der Waals surface area contributed by atoms with Gasteiger partial charge in [-0.25, -0.2) is 12.7 Å². The topological polar surface area (TPSA) is 72.6 Å². The quantitative estimate of drug-likeness (QED) is 0.485. The summed E-state index contributed by atoms with van der Waals surface area (Å²) in [5, 5.41) is 0. The van der Waals surface area contributed by atoms with Gasteiger partial charge in [0.2, 0.25) is 10.0 Å². The Morgan fingerprint density at radius 1 is 1.39 bits per heavy atom. The second-order valence-electron chi connectivity index (χ2n) is 3.80. The van der Waals surface area contributed by atoms with Gasteiger partial charge < -0.3 is 10.5 Å². The minimum Gasteiger partial charge on any atom is -0.397 e. The number of hydrogen-bond acceptors (Lipinski definition) is 5. The van der Waals surface area contributed by atoms with E-state index in [2.05, 4.69) is 0 Å². The predicted molar refractivity (Wildman–Crippen MR) is 74.3 cm³/mol. The average Bonchev–Trinajstić information content (AvgIpc) is 2.31. The van der Waals surface area contributed by atoms with Gasteiger partial charge in [-0.1, -0.05) is 6.07 Å². The molecule has 102 valence electrons. The van der Waals surface area contributed by atoms with Crippen LogP contribution in [0.25, 0.3) is 0 Å². The molecule has 1 aromatic carbocycles. The fourth-order valence-corrected chi connectivity index (χ4v) is 3.31. The van der Waals surface area contributed by atoms with Gasteiger partial charge in [0, 0.05) is 31.9 Å². The molecule has 18 heavy (non-hydrogen) atoms. The molecule has 0 aromatic heterocycles. The van der Waals surface area contributed by atoms with E-state index in [0.717, 1.165) is 15.0 Å². The van der Waals surface area contributed by atoms with E-state index in [4.69, 9.17) is 10.5 Å². The number of benzene rings is 1. The molecule has 0 radical (unpaired) electrons. The summed E-state index contributed by atoms with van der Waals surface area (Å²) in [4.78, 5) is 0.907. The Hall–Kier alpha value is -0.760. The highest BCUT2D eigenvalue weighted by Gasteiger charge is 2.21. The minimum atomic E-state index is -3.50. The number of thioether (sulfide) groups is 1. The average molecular weight is 290 g/mol. The van der Waals surface area contributed by atoms with Crippen molar-refractivity contribution < 1.29 is 13.2 Å². The van der Waals surface area contributed by atoms with Crippen LogP contribution in [-0.2, 0) is 14.8 Å². The van der Waals surface area contributed by atoms with Gasteiger partial charge in [-0.3, -0.25) is 0 Å². The summed E-state index contributed by atoms with van der Waals surface area (Å²) in [7, 11) is 1.10. The summed E-state index contributed by atoms with van der Waals surface area (Å²) < 4.78 is 30.2. The first-order chi connectivity index (χ1) is 8.41.